The van der Waals surface area contributed by atoms with Crippen molar-refractivity contribution in [2.24, 2.45) is 10.3 Å². The number of unbranched alkanes of at least 4 members (excludes halogenated alkanes) is 1. The fraction of sp³-hybridized carbons (Fsp3) is 0.526. The van der Waals surface area contributed by atoms with Gasteiger partial charge in [0.1, 0.15) is 11.4 Å². The van der Waals surface area contributed by atoms with Gasteiger partial charge in [0.15, 0.2) is 5.78 Å². The molecule has 1 aliphatic heterocycles. The van der Waals surface area contributed by atoms with Crippen LogP contribution >= 0.6 is 0 Å². The van der Waals surface area contributed by atoms with E-state index in [1.165, 1.54) is 48.7 Å². The van der Waals surface area contributed by atoms with Crippen LogP contribution in [-0.4, -0.2) is 62.5 Å². The number of esters is 1. The van der Waals surface area contributed by atoms with Gasteiger partial charge >= 0.3 is 5.97 Å². The number of ether oxygens (including phenoxy) is 2. The Hall–Kier alpha value is -3.51. The van der Waals surface area contributed by atoms with E-state index in [0.717, 1.165) is 60.3 Å². The summed E-state index contributed by atoms with van der Waals surface area (Å²) in [5, 5.41) is 9.38. The van der Waals surface area contributed by atoms with E-state index < -0.39 is 15.8 Å². The van der Waals surface area contributed by atoms with Crippen LogP contribution < -0.4 is 15.0 Å². The predicted molar refractivity (Wildman–Crippen MR) is 197 cm³/mol. The van der Waals surface area contributed by atoms with E-state index in [2.05, 4.69) is 58.0 Å². The number of rotatable bonds is 11. The maximum Gasteiger partial charge on any atom is 0.338 e. The molecule has 1 aromatic heterocycles. The summed E-state index contributed by atoms with van der Waals surface area (Å²) in [6.07, 6.45) is 11.8. The zero-order valence-corrected chi connectivity index (χ0v) is 30.8. The molecule has 2 aromatic carbocycles. The second-order valence-corrected chi connectivity index (χ2v) is 15.5. The maximum absolute atomic E-state index is 13.9. The van der Waals surface area contributed by atoms with Gasteiger partial charge in [0.05, 0.1) is 24.9 Å². The number of allylic oxidation sites excluding steroid dienone is 1. The predicted octanol–water partition coefficient (Wildman–Crippen LogP) is 6.95. The first-order valence-electron chi connectivity index (χ1n) is 17.4. The number of hydrogen-bond donors (Lipinski definition) is 2. The van der Waals surface area contributed by atoms with E-state index in [0.29, 0.717) is 24.4 Å². The molecule has 10 nitrogen and oxygen atoms in total. The van der Waals surface area contributed by atoms with E-state index >= 15 is 0 Å². The first kappa shape index (κ1) is 38.3. The average Bonchev–Trinajstić information content (AvgIpc) is 3.24. The molecule has 2 aliphatic rings. The molecule has 4 N–H and O–H groups in total. The van der Waals surface area contributed by atoms with Crippen molar-refractivity contribution in [1.29, 1.82) is 0 Å². The molecule has 0 radical (unpaired) electrons. The number of hydrogen-bond acceptors (Lipinski definition) is 7. The lowest BCUT2D eigenvalue weighted by molar-refractivity contribution is -0.115. The Morgan fingerprint density at radius 3 is 2.31 bits per heavy atom. The highest BCUT2D eigenvalue weighted by molar-refractivity contribution is 7.86. The van der Waals surface area contributed by atoms with E-state index in [9.17, 15) is 18.0 Å². The molecule has 0 spiro atoms. The van der Waals surface area contributed by atoms with E-state index in [1.807, 2.05) is 39.0 Å². The van der Waals surface area contributed by atoms with Crippen molar-refractivity contribution in [1.82, 2.24) is 9.47 Å². The number of Topliss-reactive ketones (excluding diaryl/α,β-unsaturated/α-hetero) is 1. The van der Waals surface area contributed by atoms with Gasteiger partial charge in [-0.15, -0.1) is 0 Å². The number of nitrogens with zero attached hydrogens (tertiary/aromatic N) is 2. The standard InChI is InChI=1S/C38H50N2O4.H4N2O2S/c1-7-8-20-39(5)21-12-15-34(41)29-22-28-23-30(43-6)17-19-31(28)36-35(26-13-10-9-11-14-26)32-18-16-27(24-33(32)40(36)25-29)37(42)44-38(2,3)4;1-5(2,3)4/h16-19,22-24,26H,7-15,20-21,25H2,1-6H3;(H4,1,2,3,4). The molecule has 1 saturated carbocycles. The molecule has 2 heterocycles. The van der Waals surface area contributed by atoms with Gasteiger partial charge < -0.3 is 18.9 Å². The lowest BCUT2D eigenvalue weighted by Crippen LogP contribution is -2.23. The van der Waals surface area contributed by atoms with Gasteiger partial charge in [-0.3, -0.25) is 4.79 Å². The molecular formula is C38H54N4O6S. The summed E-state index contributed by atoms with van der Waals surface area (Å²) in [6.45, 7) is 10.3. The molecule has 49 heavy (non-hydrogen) atoms. The second-order valence-electron chi connectivity index (χ2n) is 14.3. The Balaban J connectivity index is 0.00000101. The van der Waals surface area contributed by atoms with Crippen molar-refractivity contribution in [2.75, 3.05) is 27.2 Å². The Morgan fingerprint density at radius 1 is 1.00 bits per heavy atom. The Kier molecular flexibility index (Phi) is 12.9. The van der Waals surface area contributed by atoms with Crippen molar-refractivity contribution >= 4 is 38.9 Å². The molecule has 0 saturated heterocycles. The van der Waals surface area contributed by atoms with Crippen LogP contribution in [0, 0.1) is 0 Å². The van der Waals surface area contributed by atoms with Gasteiger partial charge in [0.2, 0.25) is 0 Å². The highest BCUT2D eigenvalue weighted by Gasteiger charge is 2.31. The molecule has 1 aliphatic carbocycles. The quantitative estimate of drug-likeness (QED) is 0.207. The molecule has 1 fully saturated rings. The third kappa shape index (κ3) is 10.5. The number of methoxy groups -OCH3 is 1. The molecule has 11 heteroatoms. The molecule has 0 atom stereocenters. The van der Waals surface area contributed by atoms with Crippen LogP contribution in [0.1, 0.15) is 113 Å². The van der Waals surface area contributed by atoms with Gasteiger partial charge in [-0.25, -0.2) is 15.1 Å². The lowest BCUT2D eigenvalue weighted by Gasteiger charge is -2.24. The van der Waals surface area contributed by atoms with Gasteiger partial charge in [-0.05, 0) is 120 Å². The smallest absolute Gasteiger partial charge is 0.338 e. The summed E-state index contributed by atoms with van der Waals surface area (Å²) in [6, 6.07) is 12.2. The van der Waals surface area contributed by atoms with Crippen LogP contribution in [0.5, 0.6) is 5.75 Å². The SMILES string of the molecule is CCCCN(C)CCCC(=O)C1=Cc2cc(OC)ccc2-c2c(C3CCCCC3)c3ccc(C(=O)OC(C)(C)C)cc3n2C1.NS(N)(=O)=O. The molecule has 5 rings (SSSR count). The topological polar surface area (TPSA) is 147 Å². The van der Waals surface area contributed by atoms with Crippen LogP contribution in [0.3, 0.4) is 0 Å². The maximum atomic E-state index is 13.9. The molecule has 0 unspecified atom stereocenters. The van der Waals surface area contributed by atoms with Crippen molar-refractivity contribution in [2.45, 2.75) is 104 Å². The number of fused-ring (bicyclic) bond motifs is 5. The fourth-order valence-electron chi connectivity index (χ4n) is 6.88. The molecule has 268 valence electrons. The average molecular weight is 695 g/mol. The number of ketones is 1. The lowest BCUT2D eigenvalue weighted by atomic mass is 9.81. The monoisotopic (exact) mass is 694 g/mol. The number of benzene rings is 2. The minimum atomic E-state index is -3.67. The van der Waals surface area contributed by atoms with E-state index in [1.54, 1.807) is 7.11 Å². The van der Waals surface area contributed by atoms with Crippen molar-refractivity contribution in [3.8, 4) is 17.0 Å². The van der Waals surface area contributed by atoms with Crippen molar-refractivity contribution in [3.63, 3.8) is 0 Å². The van der Waals surface area contributed by atoms with E-state index in [-0.39, 0.29) is 11.8 Å². The minimum Gasteiger partial charge on any atom is -0.497 e. The number of aromatic nitrogens is 1. The summed E-state index contributed by atoms with van der Waals surface area (Å²) in [4.78, 5) is 29.4. The number of nitrogens with two attached hydrogens (primary N) is 2. The normalized spacial score (nSPS) is 15.1. The van der Waals surface area contributed by atoms with Crippen LogP contribution in [0.25, 0.3) is 28.2 Å². The summed E-state index contributed by atoms with van der Waals surface area (Å²) in [7, 11) is 0.159. The van der Waals surface area contributed by atoms with Crippen LogP contribution in [0.2, 0.25) is 0 Å². The van der Waals surface area contributed by atoms with Gasteiger partial charge in [-0.2, -0.15) is 8.42 Å². The molecule has 0 amide bonds. The van der Waals surface area contributed by atoms with Crippen LogP contribution in [0.15, 0.2) is 42.0 Å². The highest BCUT2D eigenvalue weighted by atomic mass is 32.2. The summed E-state index contributed by atoms with van der Waals surface area (Å²) >= 11 is 0. The number of carbonyl (C=O) groups excluding carboxylic acids is 2. The number of carbonyl (C=O) groups is 2. The molecular weight excluding hydrogens is 641 g/mol. The summed E-state index contributed by atoms with van der Waals surface area (Å²) in [5.74, 6) is 1.06. The van der Waals surface area contributed by atoms with E-state index in [4.69, 9.17) is 9.47 Å². The van der Waals surface area contributed by atoms with Gasteiger partial charge in [0.25, 0.3) is 10.2 Å². The first-order valence-corrected chi connectivity index (χ1v) is 19.0. The van der Waals surface area contributed by atoms with Gasteiger partial charge in [0, 0.05) is 28.5 Å². The zero-order chi connectivity index (χ0) is 35.9. The molecule has 3 aromatic rings. The van der Waals surface area contributed by atoms with Gasteiger partial charge in [-0.1, -0.05) is 38.7 Å². The summed E-state index contributed by atoms with van der Waals surface area (Å²) < 4.78 is 32.1. The third-order valence-corrected chi connectivity index (χ3v) is 9.12. The first-order chi connectivity index (χ1) is 23.1. The van der Waals surface area contributed by atoms with Crippen molar-refractivity contribution < 1.29 is 27.5 Å². The summed E-state index contributed by atoms with van der Waals surface area (Å²) in [5.41, 5.74) is 6.39. The fourth-order valence-corrected chi connectivity index (χ4v) is 6.88. The zero-order valence-electron chi connectivity index (χ0n) is 30.0. The largest absolute Gasteiger partial charge is 0.497 e. The second kappa shape index (κ2) is 16.5. The van der Waals surface area contributed by atoms with Crippen LogP contribution in [-0.2, 0) is 26.3 Å². The Bertz CT molecular complexity index is 1770. The molecule has 0 bridgehead atoms. The minimum absolute atomic E-state index is 0.180. The van der Waals surface area contributed by atoms with Crippen molar-refractivity contribution in [3.05, 3.63) is 58.7 Å². The van der Waals surface area contributed by atoms with Crippen LogP contribution in [0.4, 0.5) is 0 Å². The Labute approximate surface area is 292 Å². The third-order valence-electron chi connectivity index (χ3n) is 9.12. The Morgan fingerprint density at radius 2 is 1.67 bits per heavy atom. The highest BCUT2D eigenvalue weighted by Crippen LogP contribution is 2.47.